The Morgan fingerprint density at radius 3 is 2.62 bits per heavy atom. The van der Waals surface area contributed by atoms with Crippen molar-refractivity contribution in [2.45, 2.75) is 0 Å². The topological polar surface area (TPSA) is 42.0 Å². The minimum Gasteiger partial charge on any atom is -0.306 e. The van der Waals surface area contributed by atoms with E-state index >= 15 is 0 Å². The second kappa shape index (κ2) is 5.28. The lowest BCUT2D eigenvalue weighted by molar-refractivity contribution is 0.102. The normalized spacial score (nSPS) is 10.6. The average Bonchev–Trinajstić information content (AvgIpc) is 2.47. The van der Waals surface area contributed by atoms with Gasteiger partial charge < -0.3 is 5.32 Å². The smallest absolute Gasteiger partial charge is 0.259 e. The fourth-order valence-corrected chi connectivity index (χ4v) is 1.99. The Balaban J connectivity index is 1.89. The summed E-state index contributed by atoms with van der Waals surface area (Å²) in [6.07, 6.45) is 0. The van der Waals surface area contributed by atoms with E-state index < -0.39 is 17.5 Å². The fourth-order valence-electron chi connectivity index (χ4n) is 1.99. The molecule has 21 heavy (non-hydrogen) atoms. The SMILES string of the molecule is O=C(Nc1ccc2ccccc2n1)c1ccc(F)cc1F. The number of nitrogens with zero attached hydrogens (tertiary/aromatic N) is 1. The predicted octanol–water partition coefficient (Wildman–Crippen LogP) is 3.77. The number of benzene rings is 2. The quantitative estimate of drug-likeness (QED) is 0.778. The van der Waals surface area contributed by atoms with Gasteiger partial charge >= 0.3 is 0 Å². The molecular formula is C16H10F2N2O. The van der Waals surface area contributed by atoms with Gasteiger partial charge in [-0.1, -0.05) is 18.2 Å². The van der Waals surface area contributed by atoms with Crippen LogP contribution in [0.15, 0.2) is 54.6 Å². The summed E-state index contributed by atoms with van der Waals surface area (Å²) in [7, 11) is 0. The minimum absolute atomic E-state index is 0.230. The lowest BCUT2D eigenvalue weighted by Gasteiger charge is -2.06. The lowest BCUT2D eigenvalue weighted by atomic mass is 10.2. The highest BCUT2D eigenvalue weighted by Crippen LogP contribution is 2.16. The molecule has 0 aliphatic rings. The van der Waals surface area contributed by atoms with Gasteiger partial charge in [-0.2, -0.15) is 0 Å². The van der Waals surface area contributed by atoms with Crippen LogP contribution in [0.2, 0.25) is 0 Å². The molecule has 2 aromatic carbocycles. The number of hydrogen-bond acceptors (Lipinski definition) is 2. The molecule has 1 amide bonds. The third-order valence-corrected chi connectivity index (χ3v) is 3.02. The predicted molar refractivity (Wildman–Crippen MR) is 76.1 cm³/mol. The van der Waals surface area contributed by atoms with E-state index in [9.17, 15) is 13.6 Å². The summed E-state index contributed by atoms with van der Waals surface area (Å²) in [5, 5.41) is 3.43. The number of halogens is 2. The monoisotopic (exact) mass is 284 g/mol. The number of carbonyl (C=O) groups excluding carboxylic acids is 1. The molecule has 0 fully saturated rings. The molecule has 0 unspecified atom stereocenters. The van der Waals surface area contributed by atoms with E-state index in [1.807, 2.05) is 24.3 Å². The molecule has 0 aliphatic heterocycles. The second-order valence-corrected chi connectivity index (χ2v) is 4.47. The van der Waals surface area contributed by atoms with Crippen molar-refractivity contribution in [2.75, 3.05) is 5.32 Å². The Morgan fingerprint density at radius 1 is 1.00 bits per heavy atom. The van der Waals surface area contributed by atoms with Crippen molar-refractivity contribution >= 4 is 22.6 Å². The molecule has 1 N–H and O–H groups in total. The summed E-state index contributed by atoms with van der Waals surface area (Å²) in [6, 6.07) is 13.7. The summed E-state index contributed by atoms with van der Waals surface area (Å²) in [5.41, 5.74) is 0.487. The van der Waals surface area contributed by atoms with Gasteiger partial charge in [0, 0.05) is 11.5 Å². The lowest BCUT2D eigenvalue weighted by Crippen LogP contribution is -2.14. The molecule has 0 atom stereocenters. The molecule has 104 valence electrons. The van der Waals surface area contributed by atoms with Crippen LogP contribution in [0.5, 0.6) is 0 Å². The summed E-state index contributed by atoms with van der Waals surface area (Å²) in [6.45, 7) is 0. The van der Waals surface area contributed by atoms with Crippen LogP contribution in [0.1, 0.15) is 10.4 Å². The van der Waals surface area contributed by atoms with Crippen molar-refractivity contribution in [2.24, 2.45) is 0 Å². The molecule has 0 saturated carbocycles. The molecule has 0 spiro atoms. The van der Waals surface area contributed by atoms with Crippen molar-refractivity contribution in [1.29, 1.82) is 0 Å². The molecule has 3 rings (SSSR count). The van der Waals surface area contributed by atoms with Gasteiger partial charge in [0.25, 0.3) is 5.91 Å². The molecule has 0 aliphatic carbocycles. The maximum absolute atomic E-state index is 13.5. The largest absolute Gasteiger partial charge is 0.306 e. The molecular weight excluding hydrogens is 274 g/mol. The molecule has 1 heterocycles. The first-order chi connectivity index (χ1) is 10.1. The van der Waals surface area contributed by atoms with Gasteiger partial charge in [-0.15, -0.1) is 0 Å². The van der Waals surface area contributed by atoms with E-state index in [0.717, 1.165) is 23.0 Å². The number of carbonyl (C=O) groups is 1. The highest BCUT2D eigenvalue weighted by Gasteiger charge is 2.13. The first-order valence-corrected chi connectivity index (χ1v) is 6.26. The van der Waals surface area contributed by atoms with Gasteiger partial charge in [0.1, 0.15) is 17.5 Å². The van der Waals surface area contributed by atoms with Gasteiger partial charge in [-0.3, -0.25) is 4.79 Å². The molecule has 0 bridgehead atoms. The summed E-state index contributed by atoms with van der Waals surface area (Å²) < 4.78 is 26.4. The van der Waals surface area contributed by atoms with Crippen LogP contribution >= 0.6 is 0 Å². The van der Waals surface area contributed by atoms with Crippen LogP contribution in [0.25, 0.3) is 10.9 Å². The standard InChI is InChI=1S/C16H10F2N2O/c17-11-6-7-12(13(18)9-11)16(21)20-15-8-5-10-3-1-2-4-14(10)19-15/h1-9H,(H,19,20,21). The van der Waals surface area contributed by atoms with Gasteiger partial charge in [0.05, 0.1) is 11.1 Å². The van der Waals surface area contributed by atoms with E-state index in [1.165, 1.54) is 0 Å². The number of pyridine rings is 1. The van der Waals surface area contributed by atoms with Gasteiger partial charge in [0.2, 0.25) is 0 Å². The first kappa shape index (κ1) is 13.2. The third-order valence-electron chi connectivity index (χ3n) is 3.02. The molecule has 3 aromatic rings. The van der Waals surface area contributed by atoms with Crippen molar-refractivity contribution < 1.29 is 13.6 Å². The maximum atomic E-state index is 13.5. The minimum atomic E-state index is -0.909. The van der Waals surface area contributed by atoms with Crippen molar-refractivity contribution in [3.8, 4) is 0 Å². The van der Waals surface area contributed by atoms with E-state index in [1.54, 1.807) is 12.1 Å². The fraction of sp³-hybridized carbons (Fsp3) is 0. The molecule has 0 radical (unpaired) electrons. The van der Waals surface area contributed by atoms with Crippen LogP contribution in [-0.4, -0.2) is 10.9 Å². The van der Waals surface area contributed by atoms with Crippen LogP contribution in [0, 0.1) is 11.6 Å². The van der Waals surface area contributed by atoms with E-state index in [0.29, 0.717) is 11.9 Å². The van der Waals surface area contributed by atoms with Crippen LogP contribution in [0.4, 0.5) is 14.6 Å². The summed E-state index contributed by atoms with van der Waals surface area (Å²) in [4.78, 5) is 16.2. The number of rotatable bonds is 2. The number of anilines is 1. The van der Waals surface area contributed by atoms with Crippen molar-refractivity contribution in [3.63, 3.8) is 0 Å². The van der Waals surface area contributed by atoms with E-state index in [-0.39, 0.29) is 5.56 Å². The maximum Gasteiger partial charge on any atom is 0.259 e. The zero-order chi connectivity index (χ0) is 14.8. The van der Waals surface area contributed by atoms with Gasteiger partial charge in [-0.05, 0) is 30.3 Å². The number of para-hydroxylation sites is 1. The zero-order valence-electron chi connectivity index (χ0n) is 10.8. The van der Waals surface area contributed by atoms with Crippen molar-refractivity contribution in [3.05, 3.63) is 71.8 Å². The van der Waals surface area contributed by atoms with Crippen molar-refractivity contribution in [1.82, 2.24) is 4.98 Å². The number of fused-ring (bicyclic) bond motifs is 1. The number of nitrogens with one attached hydrogen (secondary N) is 1. The molecule has 0 saturated heterocycles. The average molecular weight is 284 g/mol. The summed E-state index contributed by atoms with van der Waals surface area (Å²) >= 11 is 0. The van der Waals surface area contributed by atoms with E-state index in [2.05, 4.69) is 10.3 Å². The summed E-state index contributed by atoms with van der Waals surface area (Å²) in [5.74, 6) is -2.00. The Kier molecular flexibility index (Phi) is 3.31. The van der Waals surface area contributed by atoms with Gasteiger partial charge in [0.15, 0.2) is 0 Å². The Hall–Kier alpha value is -2.82. The van der Waals surface area contributed by atoms with Crippen LogP contribution < -0.4 is 5.32 Å². The molecule has 5 heteroatoms. The Labute approximate surface area is 119 Å². The van der Waals surface area contributed by atoms with Crippen LogP contribution in [0.3, 0.4) is 0 Å². The van der Waals surface area contributed by atoms with Crippen LogP contribution in [-0.2, 0) is 0 Å². The number of hydrogen-bond donors (Lipinski definition) is 1. The molecule has 1 aromatic heterocycles. The number of amides is 1. The third kappa shape index (κ3) is 2.72. The number of aromatic nitrogens is 1. The molecule has 3 nitrogen and oxygen atoms in total. The second-order valence-electron chi connectivity index (χ2n) is 4.47. The Morgan fingerprint density at radius 2 is 1.81 bits per heavy atom. The zero-order valence-corrected chi connectivity index (χ0v) is 10.8. The highest BCUT2D eigenvalue weighted by atomic mass is 19.1. The highest BCUT2D eigenvalue weighted by molar-refractivity contribution is 6.04. The Bertz CT molecular complexity index is 833. The van der Waals surface area contributed by atoms with Gasteiger partial charge in [-0.25, -0.2) is 13.8 Å². The first-order valence-electron chi connectivity index (χ1n) is 6.26. The van der Waals surface area contributed by atoms with E-state index in [4.69, 9.17) is 0 Å².